The average Bonchev–Trinajstić information content (AvgIpc) is 2.84. The number of carbonyl (C=O) groups excluding carboxylic acids is 2. The summed E-state index contributed by atoms with van der Waals surface area (Å²) in [7, 11) is 4.42. The molecule has 0 radical (unpaired) electrons. The summed E-state index contributed by atoms with van der Waals surface area (Å²) in [5.74, 6) is 0.293. The van der Waals surface area contributed by atoms with Gasteiger partial charge in [0.15, 0.2) is 11.5 Å². The van der Waals surface area contributed by atoms with Crippen LogP contribution in [0, 0.1) is 0 Å². The molecular weight excluding hydrogens is 481 g/mol. The molecule has 0 spiro atoms. The third kappa shape index (κ3) is 5.98. The predicted molar refractivity (Wildman–Crippen MR) is 132 cm³/mol. The van der Waals surface area contributed by atoms with Crippen LogP contribution in [0.1, 0.15) is 26.3 Å². The molecule has 3 aromatic carbocycles. The van der Waals surface area contributed by atoms with Crippen molar-refractivity contribution in [3.63, 3.8) is 0 Å². The van der Waals surface area contributed by atoms with Gasteiger partial charge in [0.05, 0.1) is 32.6 Å². The van der Waals surface area contributed by atoms with E-state index < -0.39 is 5.91 Å². The molecule has 0 heterocycles. The molecule has 10 heteroatoms. The van der Waals surface area contributed by atoms with Gasteiger partial charge in [0.2, 0.25) is 5.75 Å². The van der Waals surface area contributed by atoms with Crippen LogP contribution in [0.15, 0.2) is 59.7 Å². The normalized spacial score (nSPS) is 10.6. The number of rotatable bonds is 8. The second-order valence-corrected chi connectivity index (χ2v) is 7.65. The van der Waals surface area contributed by atoms with E-state index in [0.717, 1.165) is 0 Å². The molecule has 0 saturated carbocycles. The van der Waals surface area contributed by atoms with E-state index in [1.807, 2.05) is 0 Å². The number of nitrogens with one attached hydrogen (secondary N) is 2. The van der Waals surface area contributed by atoms with Gasteiger partial charge >= 0.3 is 0 Å². The number of benzene rings is 3. The average molecular weight is 502 g/mol. The van der Waals surface area contributed by atoms with E-state index in [-0.39, 0.29) is 5.91 Å². The topological polar surface area (TPSA) is 98.2 Å². The highest BCUT2D eigenvalue weighted by atomic mass is 35.5. The van der Waals surface area contributed by atoms with Crippen molar-refractivity contribution in [1.29, 1.82) is 0 Å². The number of nitrogens with zero attached hydrogens (tertiary/aromatic N) is 1. The molecule has 0 aliphatic rings. The Balaban J connectivity index is 1.65. The van der Waals surface area contributed by atoms with Crippen molar-refractivity contribution in [3.05, 3.63) is 81.3 Å². The summed E-state index contributed by atoms with van der Waals surface area (Å²) in [6.07, 6.45) is 1.42. The molecule has 0 unspecified atom stereocenters. The number of anilines is 1. The van der Waals surface area contributed by atoms with Crippen LogP contribution in [-0.4, -0.2) is 39.4 Å². The molecule has 2 N–H and O–H groups in total. The third-order valence-electron chi connectivity index (χ3n) is 4.66. The Morgan fingerprint density at radius 2 is 1.47 bits per heavy atom. The SMILES string of the molecule is COc1cc(C(=O)Nc2ccc(C(=O)N/N=C\c3ccc(Cl)cc3Cl)cc2)cc(OC)c1OC. The highest BCUT2D eigenvalue weighted by Gasteiger charge is 2.17. The summed E-state index contributed by atoms with van der Waals surface area (Å²) in [5, 5.41) is 7.59. The number of ether oxygens (including phenoxy) is 3. The van der Waals surface area contributed by atoms with Gasteiger partial charge in [0, 0.05) is 27.4 Å². The Bertz CT molecular complexity index is 1200. The number of hydrogen-bond donors (Lipinski definition) is 2. The van der Waals surface area contributed by atoms with Gasteiger partial charge in [-0.2, -0.15) is 5.10 Å². The third-order valence-corrected chi connectivity index (χ3v) is 5.23. The van der Waals surface area contributed by atoms with Crippen molar-refractivity contribution in [2.45, 2.75) is 0 Å². The van der Waals surface area contributed by atoms with Crippen molar-refractivity contribution in [2.75, 3.05) is 26.6 Å². The van der Waals surface area contributed by atoms with Gasteiger partial charge in [-0.3, -0.25) is 9.59 Å². The smallest absolute Gasteiger partial charge is 0.271 e. The van der Waals surface area contributed by atoms with Gasteiger partial charge in [0.1, 0.15) is 0 Å². The minimum Gasteiger partial charge on any atom is -0.493 e. The van der Waals surface area contributed by atoms with Gasteiger partial charge in [-0.1, -0.05) is 29.3 Å². The Labute approximate surface area is 206 Å². The van der Waals surface area contributed by atoms with E-state index in [1.54, 1.807) is 54.6 Å². The monoisotopic (exact) mass is 501 g/mol. The molecule has 0 fully saturated rings. The summed E-state index contributed by atoms with van der Waals surface area (Å²) in [6.45, 7) is 0. The van der Waals surface area contributed by atoms with Gasteiger partial charge in [-0.05, 0) is 48.5 Å². The van der Waals surface area contributed by atoms with Crippen molar-refractivity contribution in [2.24, 2.45) is 5.10 Å². The van der Waals surface area contributed by atoms with E-state index >= 15 is 0 Å². The summed E-state index contributed by atoms with van der Waals surface area (Å²) in [6, 6.07) is 14.4. The molecule has 8 nitrogen and oxygen atoms in total. The maximum absolute atomic E-state index is 12.7. The van der Waals surface area contributed by atoms with Crippen LogP contribution in [0.3, 0.4) is 0 Å². The lowest BCUT2D eigenvalue weighted by atomic mass is 10.1. The molecule has 176 valence electrons. The van der Waals surface area contributed by atoms with Crippen molar-refractivity contribution >= 4 is 46.9 Å². The van der Waals surface area contributed by atoms with Crippen molar-refractivity contribution in [1.82, 2.24) is 5.43 Å². The lowest BCUT2D eigenvalue weighted by Crippen LogP contribution is -2.18. The zero-order valence-electron chi connectivity index (χ0n) is 18.5. The summed E-state index contributed by atoms with van der Waals surface area (Å²) in [4.78, 5) is 25.0. The van der Waals surface area contributed by atoms with Crippen LogP contribution < -0.4 is 25.0 Å². The van der Waals surface area contributed by atoms with Crippen LogP contribution in [-0.2, 0) is 0 Å². The summed E-state index contributed by atoms with van der Waals surface area (Å²) < 4.78 is 15.8. The molecule has 0 aliphatic carbocycles. The van der Waals surface area contributed by atoms with Gasteiger partial charge < -0.3 is 19.5 Å². The summed E-state index contributed by atoms with van der Waals surface area (Å²) >= 11 is 11.9. The molecule has 3 aromatic rings. The first-order valence-electron chi connectivity index (χ1n) is 9.86. The number of halogens is 2. The molecule has 0 atom stereocenters. The van der Waals surface area contributed by atoms with E-state index in [9.17, 15) is 9.59 Å². The Morgan fingerprint density at radius 1 is 0.824 bits per heavy atom. The largest absolute Gasteiger partial charge is 0.493 e. The maximum Gasteiger partial charge on any atom is 0.271 e. The minimum absolute atomic E-state index is 0.312. The van der Waals surface area contributed by atoms with Crippen LogP contribution in [0.2, 0.25) is 10.0 Å². The number of carbonyl (C=O) groups is 2. The first-order chi connectivity index (χ1) is 16.4. The Hall–Kier alpha value is -3.75. The van der Waals surface area contributed by atoms with Gasteiger partial charge in [0.25, 0.3) is 11.8 Å². The van der Waals surface area contributed by atoms with Crippen LogP contribution in [0.4, 0.5) is 5.69 Å². The van der Waals surface area contributed by atoms with Crippen LogP contribution >= 0.6 is 23.2 Å². The van der Waals surface area contributed by atoms with Gasteiger partial charge in [-0.15, -0.1) is 0 Å². The fourth-order valence-corrected chi connectivity index (χ4v) is 3.41. The van der Waals surface area contributed by atoms with E-state index in [2.05, 4.69) is 15.8 Å². The van der Waals surface area contributed by atoms with Crippen molar-refractivity contribution in [3.8, 4) is 17.2 Å². The zero-order valence-corrected chi connectivity index (χ0v) is 20.0. The van der Waals surface area contributed by atoms with Crippen LogP contribution in [0.5, 0.6) is 17.2 Å². The molecule has 34 heavy (non-hydrogen) atoms. The first-order valence-corrected chi connectivity index (χ1v) is 10.6. The molecule has 3 rings (SSSR count). The number of hydrogen-bond acceptors (Lipinski definition) is 6. The second-order valence-electron chi connectivity index (χ2n) is 6.81. The lowest BCUT2D eigenvalue weighted by molar-refractivity contribution is 0.0954. The second kappa shape index (κ2) is 11.4. The fourth-order valence-electron chi connectivity index (χ4n) is 2.95. The number of hydrazone groups is 1. The lowest BCUT2D eigenvalue weighted by Gasteiger charge is -2.14. The number of methoxy groups -OCH3 is 3. The van der Waals surface area contributed by atoms with Crippen LogP contribution in [0.25, 0.3) is 0 Å². The Morgan fingerprint density at radius 3 is 2.03 bits per heavy atom. The standard InChI is InChI=1S/C24H21Cl2N3O5/c1-32-20-10-16(11-21(33-2)22(20)34-3)23(30)28-18-8-5-14(6-9-18)24(31)29-27-13-15-4-7-17(25)12-19(15)26/h4-13H,1-3H3,(H,28,30)(H,29,31)/b27-13-. The highest BCUT2D eigenvalue weighted by molar-refractivity contribution is 6.36. The fraction of sp³-hybridized carbons (Fsp3) is 0.125. The zero-order chi connectivity index (χ0) is 24.7. The quantitative estimate of drug-likeness (QED) is 0.333. The molecule has 2 amide bonds. The molecule has 0 saturated heterocycles. The molecule has 0 aliphatic heterocycles. The molecular formula is C24H21Cl2N3O5. The van der Waals surface area contributed by atoms with Crippen molar-refractivity contribution < 1.29 is 23.8 Å². The van der Waals surface area contributed by atoms with E-state index in [0.29, 0.717) is 49.7 Å². The molecule has 0 aromatic heterocycles. The molecule has 0 bridgehead atoms. The van der Waals surface area contributed by atoms with Gasteiger partial charge in [-0.25, -0.2) is 5.43 Å². The van der Waals surface area contributed by atoms with E-state index in [1.165, 1.54) is 27.5 Å². The number of amides is 2. The first kappa shape index (κ1) is 24.9. The van der Waals surface area contributed by atoms with E-state index in [4.69, 9.17) is 37.4 Å². The maximum atomic E-state index is 12.7. The Kier molecular flexibility index (Phi) is 8.34. The summed E-state index contributed by atoms with van der Waals surface area (Å²) in [5.41, 5.74) is 4.19. The highest BCUT2D eigenvalue weighted by Crippen LogP contribution is 2.38. The minimum atomic E-state index is -0.427. The predicted octanol–water partition coefficient (Wildman–Crippen LogP) is 5.04.